The van der Waals surface area contributed by atoms with Crippen molar-refractivity contribution in [1.29, 1.82) is 0 Å². The van der Waals surface area contributed by atoms with E-state index >= 15 is 8.78 Å². The van der Waals surface area contributed by atoms with Crippen LogP contribution < -0.4 is 20.7 Å². The third-order valence-corrected chi connectivity index (χ3v) is 7.64. The van der Waals surface area contributed by atoms with E-state index in [2.05, 4.69) is 32.8 Å². The van der Waals surface area contributed by atoms with Crippen molar-refractivity contribution in [2.45, 2.75) is 44.5 Å². The predicted octanol–water partition coefficient (Wildman–Crippen LogP) is 4.91. The van der Waals surface area contributed by atoms with E-state index in [0.717, 1.165) is 17.0 Å². The number of hydrogen-bond acceptors (Lipinski definition) is 6. The Kier molecular flexibility index (Phi) is 11.1. The standard InChI is InChI=1S/C31H32F8N6O3/c1-17-13-44(8-6-25(33)34)14-30(35,36)27(17)43-29(47)20-9-18(10-23-26(20)42-16-45(23)15-31(37,38)39)5-4-7-41-22-12-21(32)19(28(46)40-2)11-24(22)48-3/h9-12,16-17,25,27,41H,6-8,13-15H2,1-3H3,(H,40,46)(H,43,47)/t17-,27+/m1/s1. The van der Waals surface area contributed by atoms with Gasteiger partial charge in [0.15, 0.2) is 0 Å². The van der Waals surface area contributed by atoms with Gasteiger partial charge in [-0.05, 0) is 24.1 Å². The first-order chi connectivity index (χ1) is 22.5. The minimum absolute atomic E-state index is 0.00457. The lowest BCUT2D eigenvalue weighted by Crippen LogP contribution is -2.62. The fourth-order valence-electron chi connectivity index (χ4n) is 5.49. The van der Waals surface area contributed by atoms with Gasteiger partial charge in [0.2, 0.25) is 6.43 Å². The molecule has 3 aromatic rings. The first-order valence-electron chi connectivity index (χ1n) is 14.6. The zero-order chi connectivity index (χ0) is 35.4. The van der Waals surface area contributed by atoms with Gasteiger partial charge in [-0.25, -0.2) is 26.9 Å². The molecule has 2 heterocycles. The Balaban J connectivity index is 1.61. The molecule has 1 aromatic heterocycles. The van der Waals surface area contributed by atoms with Crippen LogP contribution in [0.3, 0.4) is 0 Å². The Hall–Kier alpha value is -4.59. The van der Waals surface area contributed by atoms with Crippen LogP contribution in [-0.4, -0.2) is 91.2 Å². The molecule has 0 spiro atoms. The van der Waals surface area contributed by atoms with Crippen molar-refractivity contribution in [3.63, 3.8) is 0 Å². The molecule has 0 unspecified atom stereocenters. The van der Waals surface area contributed by atoms with Gasteiger partial charge in [-0.1, -0.05) is 18.8 Å². The maximum Gasteiger partial charge on any atom is 0.406 e. The van der Waals surface area contributed by atoms with Crippen LogP contribution in [0.15, 0.2) is 30.6 Å². The molecule has 17 heteroatoms. The fraction of sp³-hybridized carbons (Fsp3) is 0.452. The number of anilines is 1. The van der Waals surface area contributed by atoms with E-state index in [4.69, 9.17) is 4.74 Å². The van der Waals surface area contributed by atoms with Crippen molar-refractivity contribution in [3.8, 4) is 17.6 Å². The lowest BCUT2D eigenvalue weighted by atomic mass is 9.90. The maximum absolute atomic E-state index is 15.2. The number of likely N-dealkylation sites (tertiary alicyclic amines) is 1. The van der Waals surface area contributed by atoms with Gasteiger partial charge in [-0.15, -0.1) is 0 Å². The number of rotatable bonds is 10. The largest absolute Gasteiger partial charge is 0.495 e. The van der Waals surface area contributed by atoms with Crippen LogP contribution in [0, 0.1) is 23.6 Å². The van der Waals surface area contributed by atoms with Crippen molar-refractivity contribution in [2.24, 2.45) is 5.92 Å². The van der Waals surface area contributed by atoms with E-state index in [1.807, 2.05) is 0 Å². The molecular formula is C31H32F8N6O3. The van der Waals surface area contributed by atoms with Gasteiger partial charge in [0.1, 0.15) is 23.6 Å². The molecule has 1 saturated heterocycles. The Bertz CT molecular complexity index is 1720. The van der Waals surface area contributed by atoms with Gasteiger partial charge >= 0.3 is 6.18 Å². The number of piperidine rings is 1. The predicted molar refractivity (Wildman–Crippen MR) is 160 cm³/mol. The number of hydrogen-bond donors (Lipinski definition) is 3. The SMILES string of the molecule is CNC(=O)c1cc(OC)c(NCC#Cc2cc(C(=O)N[C@H]3[C@H](C)CN(CCC(F)F)CC3(F)F)c3ncn(CC(F)(F)F)c3c2)cc1F. The van der Waals surface area contributed by atoms with Crippen molar-refractivity contribution in [1.82, 2.24) is 25.1 Å². The summed E-state index contributed by atoms with van der Waals surface area (Å²) in [6.45, 7) is -1.29. The van der Waals surface area contributed by atoms with Crippen LogP contribution in [0.4, 0.5) is 40.8 Å². The summed E-state index contributed by atoms with van der Waals surface area (Å²) in [5, 5.41) is 7.41. The average molecular weight is 689 g/mol. The van der Waals surface area contributed by atoms with Gasteiger partial charge in [-0.2, -0.15) is 13.2 Å². The first-order valence-corrected chi connectivity index (χ1v) is 14.6. The Morgan fingerprint density at radius 3 is 2.50 bits per heavy atom. The number of nitrogens with one attached hydrogen (secondary N) is 3. The normalized spacial score (nSPS) is 17.9. The molecule has 9 nitrogen and oxygen atoms in total. The number of methoxy groups -OCH3 is 1. The van der Waals surface area contributed by atoms with Crippen LogP contribution in [0.25, 0.3) is 11.0 Å². The number of halogens is 8. The highest BCUT2D eigenvalue weighted by Gasteiger charge is 2.49. The van der Waals surface area contributed by atoms with Crippen LogP contribution in [0.2, 0.25) is 0 Å². The van der Waals surface area contributed by atoms with Crippen LogP contribution in [-0.2, 0) is 6.54 Å². The van der Waals surface area contributed by atoms with E-state index in [1.165, 1.54) is 44.2 Å². The van der Waals surface area contributed by atoms with Crippen LogP contribution >= 0.6 is 0 Å². The average Bonchev–Trinajstić information content (AvgIpc) is 3.39. The highest BCUT2D eigenvalue weighted by Crippen LogP contribution is 2.33. The molecule has 0 radical (unpaired) electrons. The zero-order valence-electron chi connectivity index (χ0n) is 26.0. The number of carbonyl (C=O) groups is 2. The number of amides is 2. The quantitative estimate of drug-likeness (QED) is 0.207. The summed E-state index contributed by atoms with van der Waals surface area (Å²) in [6.07, 6.45) is -7.03. The number of nitrogens with zero attached hydrogens (tertiary/aromatic N) is 3. The summed E-state index contributed by atoms with van der Waals surface area (Å²) >= 11 is 0. The molecule has 4 rings (SSSR count). The second-order valence-electron chi connectivity index (χ2n) is 11.3. The van der Waals surface area contributed by atoms with Crippen molar-refractivity contribution in [3.05, 3.63) is 53.1 Å². The summed E-state index contributed by atoms with van der Waals surface area (Å²) in [5.74, 6) is -1.40. The number of imidazole rings is 1. The third kappa shape index (κ3) is 8.65. The van der Waals surface area contributed by atoms with E-state index < -0.39 is 67.6 Å². The smallest absolute Gasteiger partial charge is 0.406 e. The van der Waals surface area contributed by atoms with Gasteiger partial charge in [0, 0.05) is 38.2 Å². The lowest BCUT2D eigenvalue weighted by Gasteiger charge is -2.42. The number of aromatic nitrogens is 2. The number of carbonyl (C=O) groups excluding carboxylic acids is 2. The zero-order valence-corrected chi connectivity index (χ0v) is 26.0. The highest BCUT2D eigenvalue weighted by molar-refractivity contribution is 6.05. The molecular weight excluding hydrogens is 656 g/mol. The molecule has 3 N–H and O–H groups in total. The van der Waals surface area contributed by atoms with E-state index in [1.54, 1.807) is 0 Å². The molecule has 0 aliphatic carbocycles. The summed E-state index contributed by atoms with van der Waals surface area (Å²) in [7, 11) is 2.64. The monoisotopic (exact) mass is 688 g/mol. The van der Waals surface area contributed by atoms with Crippen LogP contribution in [0.5, 0.6) is 5.75 Å². The minimum atomic E-state index is -4.65. The van der Waals surface area contributed by atoms with Gasteiger partial charge in [0.05, 0.1) is 54.9 Å². The molecule has 2 atom stereocenters. The molecule has 0 saturated carbocycles. The molecule has 260 valence electrons. The van der Waals surface area contributed by atoms with Crippen molar-refractivity contribution in [2.75, 3.05) is 45.7 Å². The second-order valence-corrected chi connectivity index (χ2v) is 11.3. The maximum atomic E-state index is 15.2. The number of alkyl halides is 7. The van der Waals surface area contributed by atoms with E-state index in [9.17, 15) is 35.9 Å². The number of fused-ring (bicyclic) bond motifs is 1. The molecule has 1 aliphatic rings. The summed E-state index contributed by atoms with van der Waals surface area (Å²) in [5.41, 5.74) is -0.680. The highest BCUT2D eigenvalue weighted by atomic mass is 19.4. The third-order valence-electron chi connectivity index (χ3n) is 7.64. The number of benzene rings is 2. The summed E-state index contributed by atoms with van der Waals surface area (Å²) < 4.78 is 116. The Morgan fingerprint density at radius 1 is 1.15 bits per heavy atom. The molecule has 1 aliphatic heterocycles. The first kappa shape index (κ1) is 36.2. The molecule has 2 amide bonds. The molecule has 2 aromatic carbocycles. The number of ether oxygens (including phenoxy) is 1. The van der Waals surface area contributed by atoms with Gasteiger partial charge in [-0.3, -0.25) is 14.5 Å². The van der Waals surface area contributed by atoms with E-state index in [-0.39, 0.29) is 58.8 Å². The van der Waals surface area contributed by atoms with E-state index in [0.29, 0.717) is 0 Å². The minimum Gasteiger partial charge on any atom is -0.495 e. The Labute approximate surface area is 270 Å². The topological polar surface area (TPSA) is 101 Å². The van der Waals surface area contributed by atoms with Crippen molar-refractivity contribution >= 4 is 28.5 Å². The lowest BCUT2D eigenvalue weighted by molar-refractivity contribution is -0.140. The molecule has 0 bridgehead atoms. The summed E-state index contributed by atoms with van der Waals surface area (Å²) in [6, 6.07) is 2.96. The second kappa shape index (κ2) is 14.7. The molecule has 48 heavy (non-hydrogen) atoms. The van der Waals surface area contributed by atoms with Gasteiger partial charge in [0.25, 0.3) is 17.7 Å². The Morgan fingerprint density at radius 2 is 1.88 bits per heavy atom. The van der Waals surface area contributed by atoms with Crippen molar-refractivity contribution < 1.29 is 49.4 Å². The summed E-state index contributed by atoms with van der Waals surface area (Å²) in [4.78, 5) is 30.5. The fourth-order valence-corrected chi connectivity index (χ4v) is 5.49. The van der Waals surface area contributed by atoms with Crippen LogP contribution in [0.1, 0.15) is 39.6 Å². The molecule has 1 fully saturated rings. The van der Waals surface area contributed by atoms with Gasteiger partial charge < -0.3 is 25.3 Å².